The first-order valence-corrected chi connectivity index (χ1v) is 11.9. The number of ether oxygens (including phenoxy) is 1. The van der Waals surface area contributed by atoms with E-state index in [9.17, 15) is 8.78 Å². The van der Waals surface area contributed by atoms with E-state index in [1.807, 2.05) is 6.92 Å². The summed E-state index contributed by atoms with van der Waals surface area (Å²) in [6, 6.07) is 3.38. The van der Waals surface area contributed by atoms with Crippen molar-refractivity contribution < 1.29 is 17.9 Å². The Balaban J connectivity index is 2.02. The molecular weight excluding hydrogens is 515 g/mol. The smallest absolute Gasteiger partial charge is 0.240 e. The number of hydrogen-bond donors (Lipinski definition) is 4. The second-order valence-corrected chi connectivity index (χ2v) is 8.51. The highest BCUT2D eigenvalue weighted by Crippen LogP contribution is 2.35. The third-order valence-electron chi connectivity index (χ3n) is 5.38. The molecule has 0 radical (unpaired) electrons. The van der Waals surface area contributed by atoms with Gasteiger partial charge in [-0.1, -0.05) is 26.0 Å². The number of nitrogens with one attached hydrogen (secondary N) is 2. The molecule has 0 bridgehead atoms. The second-order valence-electron chi connectivity index (χ2n) is 8.11. The Bertz CT molecular complexity index is 1370. The SMILES string of the molecule is C=CN1C=C(c2c(F)ccc(NN(S)c3cc(F)cnc3OC)c2F)C=C/C1=C(/CCC)C(=N)N=C(C)N. The Morgan fingerprint density at radius 1 is 1.34 bits per heavy atom. The number of nitrogens with zero attached hydrogens (tertiary/aromatic N) is 4. The Kier molecular flexibility index (Phi) is 9.24. The van der Waals surface area contributed by atoms with Crippen molar-refractivity contribution in [1.82, 2.24) is 9.88 Å². The monoisotopic (exact) mass is 543 g/mol. The van der Waals surface area contributed by atoms with Gasteiger partial charge in [-0.3, -0.25) is 10.8 Å². The molecule has 4 N–H and O–H groups in total. The fraction of sp³-hybridized carbons (Fsp3) is 0.192. The first-order chi connectivity index (χ1) is 18.1. The van der Waals surface area contributed by atoms with Gasteiger partial charge in [0.1, 0.15) is 17.3 Å². The van der Waals surface area contributed by atoms with Crippen molar-refractivity contribution in [1.29, 1.82) is 5.41 Å². The fourth-order valence-corrected chi connectivity index (χ4v) is 3.99. The average molecular weight is 544 g/mol. The molecule has 38 heavy (non-hydrogen) atoms. The van der Waals surface area contributed by atoms with Crippen LogP contribution in [0.5, 0.6) is 5.88 Å². The van der Waals surface area contributed by atoms with Gasteiger partial charge in [-0.25, -0.2) is 27.6 Å². The standard InChI is InChI=1S/C26H28F3N7OS/c1-5-7-18(25(31)33-15(3)30)21-11-8-16(14-35(21)6-2)23-19(28)9-10-20(24(23)29)34-36(38)22-12-17(27)13-32-26(22)37-4/h6,8-14,34,38H,2,5,7H2,1,3-4H3,(H3,30,31,33)/b21-18+. The molecule has 0 aliphatic carbocycles. The summed E-state index contributed by atoms with van der Waals surface area (Å²) in [5.74, 6) is -2.10. The number of pyridine rings is 1. The minimum Gasteiger partial charge on any atom is -0.479 e. The predicted molar refractivity (Wildman–Crippen MR) is 148 cm³/mol. The van der Waals surface area contributed by atoms with Crippen LogP contribution in [-0.2, 0) is 0 Å². The van der Waals surface area contributed by atoms with E-state index in [0.717, 1.165) is 29.2 Å². The molecule has 0 amide bonds. The van der Waals surface area contributed by atoms with Crippen LogP contribution in [0.1, 0.15) is 32.3 Å². The molecular formula is C26H28F3N7OS. The number of aliphatic imine (C=N–C) groups is 1. The van der Waals surface area contributed by atoms with Crippen molar-refractivity contribution >= 4 is 41.4 Å². The molecule has 8 nitrogen and oxygen atoms in total. The van der Waals surface area contributed by atoms with Crippen LogP contribution < -0.4 is 20.3 Å². The molecule has 0 saturated carbocycles. The van der Waals surface area contributed by atoms with Gasteiger partial charge in [-0.2, -0.15) is 0 Å². The summed E-state index contributed by atoms with van der Waals surface area (Å²) in [6.07, 6.45) is 8.39. The zero-order chi connectivity index (χ0) is 28.0. The molecule has 1 aliphatic heterocycles. The molecule has 0 saturated heterocycles. The third-order valence-corrected chi connectivity index (χ3v) is 5.70. The average Bonchev–Trinajstić information content (AvgIpc) is 2.88. The highest BCUT2D eigenvalue weighted by molar-refractivity contribution is 7.81. The zero-order valence-electron chi connectivity index (χ0n) is 21.1. The van der Waals surface area contributed by atoms with Crippen LogP contribution in [0.15, 0.2) is 71.8 Å². The molecule has 2 aromatic rings. The van der Waals surface area contributed by atoms with E-state index in [-0.39, 0.29) is 40.1 Å². The summed E-state index contributed by atoms with van der Waals surface area (Å²) in [4.78, 5) is 9.45. The van der Waals surface area contributed by atoms with Crippen molar-refractivity contribution in [2.45, 2.75) is 26.7 Å². The molecule has 1 aromatic heterocycles. The van der Waals surface area contributed by atoms with E-state index in [1.54, 1.807) is 24.0 Å². The normalized spacial score (nSPS) is 14.7. The van der Waals surface area contributed by atoms with Gasteiger partial charge in [-0.15, -0.1) is 0 Å². The van der Waals surface area contributed by atoms with Crippen molar-refractivity contribution in [2.75, 3.05) is 16.9 Å². The van der Waals surface area contributed by atoms with Crippen LogP contribution in [0.4, 0.5) is 24.5 Å². The number of nitrogens with two attached hydrogens (primary N) is 1. The van der Waals surface area contributed by atoms with Crippen molar-refractivity contribution in [3.8, 4) is 5.88 Å². The summed E-state index contributed by atoms with van der Waals surface area (Å²) < 4.78 is 50.5. The first kappa shape index (κ1) is 28.4. The van der Waals surface area contributed by atoms with E-state index < -0.39 is 17.5 Å². The lowest BCUT2D eigenvalue weighted by Gasteiger charge is -2.26. The maximum atomic E-state index is 15.7. The molecule has 0 fully saturated rings. The topological polar surface area (TPSA) is 103 Å². The van der Waals surface area contributed by atoms with Gasteiger partial charge in [0.15, 0.2) is 11.7 Å². The van der Waals surface area contributed by atoms with Gasteiger partial charge in [0.25, 0.3) is 0 Å². The van der Waals surface area contributed by atoms with E-state index in [0.29, 0.717) is 17.7 Å². The fourth-order valence-electron chi connectivity index (χ4n) is 3.74. The van der Waals surface area contributed by atoms with Crippen molar-refractivity contribution in [3.05, 3.63) is 89.8 Å². The number of anilines is 2. The highest BCUT2D eigenvalue weighted by atomic mass is 32.1. The summed E-state index contributed by atoms with van der Waals surface area (Å²) in [7, 11) is 1.34. The molecule has 0 unspecified atom stereocenters. The van der Waals surface area contributed by atoms with Crippen LogP contribution in [-0.4, -0.2) is 28.7 Å². The number of amidine groups is 2. The summed E-state index contributed by atoms with van der Waals surface area (Å²) in [5, 5.41) is 8.35. The molecule has 2 heterocycles. The number of aromatic nitrogens is 1. The Morgan fingerprint density at radius 2 is 2.08 bits per heavy atom. The zero-order valence-corrected chi connectivity index (χ0v) is 22.0. The highest BCUT2D eigenvalue weighted by Gasteiger charge is 2.23. The Labute approximate surface area is 224 Å². The molecule has 0 spiro atoms. The molecule has 1 aliphatic rings. The van der Waals surface area contributed by atoms with Gasteiger partial charge in [-0.05, 0) is 44.4 Å². The number of hydrazine groups is 1. The van der Waals surface area contributed by atoms with Crippen LogP contribution >= 0.6 is 12.8 Å². The number of thiol groups is 1. The lowest BCUT2D eigenvalue weighted by Crippen LogP contribution is -2.22. The lowest BCUT2D eigenvalue weighted by molar-refractivity contribution is 0.397. The molecule has 200 valence electrons. The van der Waals surface area contributed by atoms with Crippen molar-refractivity contribution in [3.63, 3.8) is 0 Å². The summed E-state index contributed by atoms with van der Waals surface area (Å²) >= 11 is 4.24. The van der Waals surface area contributed by atoms with Crippen molar-refractivity contribution in [2.24, 2.45) is 10.7 Å². The van der Waals surface area contributed by atoms with E-state index >= 15 is 4.39 Å². The second kappa shape index (κ2) is 12.4. The predicted octanol–water partition coefficient (Wildman–Crippen LogP) is 5.95. The van der Waals surface area contributed by atoms with Gasteiger partial charge in [0.05, 0.1) is 36.1 Å². The maximum absolute atomic E-state index is 15.7. The Hall–Kier alpha value is -4.19. The van der Waals surface area contributed by atoms with Crippen LogP contribution in [0.3, 0.4) is 0 Å². The number of methoxy groups -OCH3 is 1. The molecule has 3 rings (SSSR count). The first-order valence-electron chi connectivity index (χ1n) is 11.5. The Morgan fingerprint density at radius 3 is 2.71 bits per heavy atom. The quantitative estimate of drug-likeness (QED) is 0.135. The number of halogens is 3. The number of rotatable bonds is 9. The van der Waals surface area contributed by atoms with Crippen LogP contribution in [0.25, 0.3) is 5.57 Å². The summed E-state index contributed by atoms with van der Waals surface area (Å²) in [5.41, 5.74) is 9.34. The number of hydrogen-bond acceptors (Lipinski definition) is 7. The molecule has 12 heteroatoms. The molecule has 0 atom stereocenters. The lowest BCUT2D eigenvalue weighted by atomic mass is 9.98. The largest absolute Gasteiger partial charge is 0.479 e. The van der Waals surface area contributed by atoms with Gasteiger partial charge < -0.3 is 15.4 Å². The summed E-state index contributed by atoms with van der Waals surface area (Å²) in [6.45, 7) is 7.35. The maximum Gasteiger partial charge on any atom is 0.240 e. The minimum absolute atomic E-state index is 0.00473. The van der Waals surface area contributed by atoms with E-state index in [2.05, 4.69) is 34.8 Å². The van der Waals surface area contributed by atoms with Gasteiger partial charge in [0.2, 0.25) is 5.88 Å². The van der Waals surface area contributed by atoms with Crippen LogP contribution in [0.2, 0.25) is 0 Å². The number of benzene rings is 1. The van der Waals surface area contributed by atoms with Gasteiger partial charge in [0, 0.05) is 29.6 Å². The number of allylic oxidation sites excluding steroid dienone is 3. The van der Waals surface area contributed by atoms with E-state index in [4.69, 9.17) is 15.9 Å². The minimum atomic E-state index is -0.912. The van der Waals surface area contributed by atoms with Crippen LogP contribution in [0, 0.1) is 22.9 Å². The van der Waals surface area contributed by atoms with Gasteiger partial charge >= 0.3 is 0 Å². The molecule has 1 aromatic carbocycles. The van der Waals surface area contributed by atoms with E-state index in [1.165, 1.54) is 25.6 Å². The third kappa shape index (κ3) is 6.20.